The molecule has 1 unspecified atom stereocenters. The highest BCUT2D eigenvalue weighted by atomic mass is 16.1. The van der Waals surface area contributed by atoms with E-state index in [4.69, 9.17) is 0 Å². The molecule has 1 heterocycles. The van der Waals surface area contributed by atoms with Crippen LogP contribution in [0.2, 0.25) is 0 Å². The lowest BCUT2D eigenvalue weighted by Crippen LogP contribution is -2.31. The lowest BCUT2D eigenvalue weighted by Gasteiger charge is -2.10. The maximum absolute atomic E-state index is 11.9. The van der Waals surface area contributed by atoms with Gasteiger partial charge in [0.2, 0.25) is 0 Å². The molecular formula is C14H25N3O. The molecule has 1 aromatic heterocycles. The Hall–Kier alpha value is -1.16. The number of ketones is 1. The van der Waals surface area contributed by atoms with E-state index in [-0.39, 0.29) is 5.78 Å². The number of nitrogens with zero attached hydrogens (tertiary/aromatic N) is 2. The number of aryl methyl sites for hydroxylation is 2. The van der Waals surface area contributed by atoms with Crippen molar-refractivity contribution in [2.24, 2.45) is 0 Å². The van der Waals surface area contributed by atoms with E-state index in [9.17, 15) is 4.79 Å². The van der Waals surface area contributed by atoms with Gasteiger partial charge in [-0.3, -0.25) is 9.48 Å². The maximum atomic E-state index is 11.9. The van der Waals surface area contributed by atoms with Gasteiger partial charge in [-0.15, -0.1) is 0 Å². The van der Waals surface area contributed by atoms with Crippen LogP contribution in [0.3, 0.4) is 0 Å². The Morgan fingerprint density at radius 3 is 2.72 bits per heavy atom. The average molecular weight is 251 g/mol. The highest BCUT2D eigenvalue weighted by molar-refractivity contribution is 5.82. The topological polar surface area (TPSA) is 46.9 Å². The molecular weight excluding hydrogens is 226 g/mol. The minimum absolute atomic E-state index is 0.229. The van der Waals surface area contributed by atoms with Crippen molar-refractivity contribution in [3.63, 3.8) is 0 Å². The van der Waals surface area contributed by atoms with Crippen LogP contribution in [0.4, 0.5) is 0 Å². The number of hydrogen-bond acceptors (Lipinski definition) is 3. The fourth-order valence-electron chi connectivity index (χ4n) is 1.80. The number of carbonyl (C=O) groups is 1. The molecule has 0 aromatic carbocycles. The van der Waals surface area contributed by atoms with E-state index >= 15 is 0 Å². The summed E-state index contributed by atoms with van der Waals surface area (Å²) < 4.78 is 1.93. The highest BCUT2D eigenvalue weighted by Crippen LogP contribution is 2.07. The Balaban J connectivity index is 2.55. The molecule has 1 atom stereocenters. The minimum atomic E-state index is 0.229. The van der Waals surface area contributed by atoms with E-state index in [2.05, 4.69) is 38.1 Å². The van der Waals surface area contributed by atoms with E-state index < -0.39 is 0 Å². The number of Topliss-reactive ketones (excluding diaryl/α,β-unsaturated/α-hetero) is 1. The third-order valence-corrected chi connectivity index (χ3v) is 3.21. The summed E-state index contributed by atoms with van der Waals surface area (Å²) >= 11 is 0. The lowest BCUT2D eigenvalue weighted by molar-refractivity contribution is -0.117. The van der Waals surface area contributed by atoms with Crippen molar-refractivity contribution in [1.29, 1.82) is 0 Å². The lowest BCUT2D eigenvalue weighted by atomic mass is 10.2. The quantitative estimate of drug-likeness (QED) is 0.768. The summed E-state index contributed by atoms with van der Waals surface area (Å²) in [5.41, 5.74) is 2.10. The van der Waals surface area contributed by atoms with E-state index in [1.165, 1.54) is 0 Å². The Labute approximate surface area is 110 Å². The van der Waals surface area contributed by atoms with E-state index in [0.717, 1.165) is 30.8 Å². The first kappa shape index (κ1) is 14.9. The first-order chi connectivity index (χ1) is 8.60. The molecule has 0 aliphatic heterocycles. The summed E-state index contributed by atoms with van der Waals surface area (Å²) in [6.07, 6.45) is 2.43. The van der Waals surface area contributed by atoms with Gasteiger partial charge in [0.15, 0.2) is 5.78 Å². The predicted molar refractivity (Wildman–Crippen MR) is 73.7 cm³/mol. The molecule has 18 heavy (non-hydrogen) atoms. The molecule has 0 amide bonds. The standard InChI is InChI=1S/C14H25N3O/c1-5-11(4)15-10-14(18)9-13-8-12(6-2)16-17(13)7-3/h8,11,15H,5-7,9-10H2,1-4H3. The molecule has 1 aromatic rings. The van der Waals surface area contributed by atoms with Crippen LogP contribution in [0.15, 0.2) is 6.07 Å². The molecule has 0 radical (unpaired) electrons. The second kappa shape index (κ2) is 7.31. The molecule has 1 rings (SSSR count). The summed E-state index contributed by atoms with van der Waals surface area (Å²) in [5.74, 6) is 0.229. The number of rotatable bonds is 8. The van der Waals surface area contributed by atoms with Crippen molar-refractivity contribution in [2.45, 2.75) is 59.5 Å². The Morgan fingerprint density at radius 1 is 1.44 bits per heavy atom. The van der Waals surface area contributed by atoms with Gasteiger partial charge in [0, 0.05) is 24.7 Å². The first-order valence-corrected chi connectivity index (χ1v) is 6.91. The summed E-state index contributed by atoms with van der Waals surface area (Å²) in [6, 6.07) is 2.45. The third kappa shape index (κ3) is 4.26. The molecule has 0 aliphatic rings. The molecule has 1 N–H and O–H groups in total. The van der Waals surface area contributed by atoms with Gasteiger partial charge in [0.1, 0.15) is 0 Å². The van der Waals surface area contributed by atoms with Gasteiger partial charge >= 0.3 is 0 Å². The van der Waals surface area contributed by atoms with Crippen LogP contribution in [0, 0.1) is 0 Å². The normalized spacial score (nSPS) is 12.7. The minimum Gasteiger partial charge on any atom is -0.307 e. The van der Waals surface area contributed by atoms with Gasteiger partial charge in [-0.2, -0.15) is 5.10 Å². The zero-order valence-electron chi connectivity index (χ0n) is 12.0. The molecule has 0 saturated heterocycles. The molecule has 4 heteroatoms. The second-order valence-corrected chi connectivity index (χ2v) is 4.70. The largest absolute Gasteiger partial charge is 0.307 e. The number of aromatic nitrogens is 2. The highest BCUT2D eigenvalue weighted by Gasteiger charge is 2.11. The van der Waals surface area contributed by atoms with E-state index in [1.54, 1.807) is 0 Å². The Bertz CT molecular complexity index is 384. The molecule has 0 spiro atoms. The van der Waals surface area contributed by atoms with Crippen LogP contribution in [0.1, 0.15) is 45.5 Å². The van der Waals surface area contributed by atoms with Crippen molar-refractivity contribution >= 4 is 5.78 Å². The maximum Gasteiger partial charge on any atom is 0.152 e. The van der Waals surface area contributed by atoms with Gasteiger partial charge < -0.3 is 5.32 Å². The third-order valence-electron chi connectivity index (χ3n) is 3.21. The van der Waals surface area contributed by atoms with Crippen molar-refractivity contribution < 1.29 is 4.79 Å². The van der Waals surface area contributed by atoms with Crippen LogP contribution in [0.25, 0.3) is 0 Å². The molecule has 4 nitrogen and oxygen atoms in total. The Morgan fingerprint density at radius 2 is 2.17 bits per heavy atom. The monoisotopic (exact) mass is 251 g/mol. The van der Waals surface area contributed by atoms with Crippen LogP contribution < -0.4 is 5.32 Å². The van der Waals surface area contributed by atoms with Crippen molar-refractivity contribution in [1.82, 2.24) is 15.1 Å². The fraction of sp³-hybridized carbons (Fsp3) is 0.714. The average Bonchev–Trinajstić information content (AvgIpc) is 2.78. The van der Waals surface area contributed by atoms with Crippen LogP contribution in [-0.4, -0.2) is 28.2 Å². The summed E-state index contributed by atoms with van der Waals surface area (Å²) in [7, 11) is 0. The van der Waals surface area contributed by atoms with Gasteiger partial charge in [-0.1, -0.05) is 13.8 Å². The van der Waals surface area contributed by atoms with Crippen molar-refractivity contribution in [3.8, 4) is 0 Å². The summed E-state index contributed by atoms with van der Waals surface area (Å²) in [6.45, 7) is 9.61. The van der Waals surface area contributed by atoms with Crippen LogP contribution in [-0.2, 0) is 24.2 Å². The first-order valence-electron chi connectivity index (χ1n) is 6.91. The number of hydrogen-bond donors (Lipinski definition) is 1. The Kier molecular flexibility index (Phi) is 6.05. The smallest absolute Gasteiger partial charge is 0.152 e. The molecule has 102 valence electrons. The van der Waals surface area contributed by atoms with E-state index in [0.29, 0.717) is 19.0 Å². The van der Waals surface area contributed by atoms with Gasteiger partial charge in [0.25, 0.3) is 0 Å². The van der Waals surface area contributed by atoms with Crippen molar-refractivity contribution in [3.05, 3.63) is 17.5 Å². The van der Waals surface area contributed by atoms with Gasteiger partial charge in [-0.25, -0.2) is 0 Å². The van der Waals surface area contributed by atoms with Gasteiger partial charge in [0.05, 0.1) is 12.2 Å². The number of carbonyl (C=O) groups excluding carboxylic acids is 1. The summed E-state index contributed by atoms with van der Waals surface area (Å²) in [4.78, 5) is 11.9. The molecule has 0 aliphatic carbocycles. The van der Waals surface area contributed by atoms with Crippen molar-refractivity contribution in [2.75, 3.05) is 6.54 Å². The van der Waals surface area contributed by atoms with E-state index in [1.807, 2.05) is 10.7 Å². The van der Waals surface area contributed by atoms with Crippen LogP contribution in [0.5, 0.6) is 0 Å². The summed E-state index contributed by atoms with van der Waals surface area (Å²) in [5, 5.41) is 7.69. The van der Waals surface area contributed by atoms with Gasteiger partial charge in [-0.05, 0) is 32.8 Å². The zero-order chi connectivity index (χ0) is 13.5. The fourth-order valence-corrected chi connectivity index (χ4v) is 1.80. The SMILES string of the molecule is CCc1cc(CC(=O)CNC(C)CC)n(CC)n1. The molecule has 0 bridgehead atoms. The zero-order valence-corrected chi connectivity index (χ0v) is 12.0. The predicted octanol–water partition coefficient (Wildman–Crippen LogP) is 1.97. The molecule has 0 fully saturated rings. The molecule has 0 saturated carbocycles. The number of nitrogens with one attached hydrogen (secondary N) is 1. The van der Waals surface area contributed by atoms with Crippen LogP contribution >= 0.6 is 0 Å². The second-order valence-electron chi connectivity index (χ2n) is 4.70.